The third-order valence-electron chi connectivity index (χ3n) is 1.56. The Hall–Kier alpha value is -1.89. The van der Waals surface area contributed by atoms with Gasteiger partial charge in [-0.25, -0.2) is 9.59 Å². The van der Waals surface area contributed by atoms with Crippen LogP contribution >= 0.6 is 0 Å². The summed E-state index contributed by atoms with van der Waals surface area (Å²) in [5, 5.41) is 17.0. The average Bonchev–Trinajstić information content (AvgIpc) is 2.23. The van der Waals surface area contributed by atoms with E-state index in [1.165, 1.54) is 6.92 Å². The van der Waals surface area contributed by atoms with E-state index in [0.29, 0.717) is 0 Å². The Morgan fingerprint density at radius 3 is 2.35 bits per heavy atom. The normalized spacial score (nSPS) is 11.4. The Balaban J connectivity index is 4.52. The molecule has 0 aromatic rings. The molecule has 0 saturated heterocycles. The van der Waals surface area contributed by atoms with Crippen LogP contribution in [0, 0.1) is 0 Å². The Labute approximate surface area is 97.6 Å². The maximum absolute atomic E-state index is 11.3. The fourth-order valence-electron chi connectivity index (χ4n) is 0.801. The van der Waals surface area contributed by atoms with Crippen molar-refractivity contribution in [2.45, 2.75) is 19.4 Å². The van der Waals surface area contributed by atoms with Gasteiger partial charge in [-0.05, 0) is 6.92 Å². The summed E-state index contributed by atoms with van der Waals surface area (Å²) < 4.78 is 9.08. The number of ether oxygens (including phenoxy) is 2. The molecule has 0 aliphatic heterocycles. The van der Waals surface area contributed by atoms with Crippen molar-refractivity contribution in [2.75, 3.05) is 13.2 Å². The number of carboxylic acid groups (broad SMARTS) is 1. The van der Waals surface area contributed by atoms with Crippen LogP contribution in [-0.4, -0.2) is 47.4 Å². The van der Waals surface area contributed by atoms with Crippen LogP contribution in [-0.2, 0) is 23.9 Å². The first kappa shape index (κ1) is 15.1. The van der Waals surface area contributed by atoms with Gasteiger partial charge in [-0.1, -0.05) is 6.58 Å². The molecule has 0 radical (unpaired) electrons. The smallest absolute Gasteiger partial charge is 0.348 e. The highest BCUT2D eigenvalue weighted by atomic mass is 16.6. The van der Waals surface area contributed by atoms with Crippen LogP contribution in [0.3, 0.4) is 0 Å². The zero-order chi connectivity index (χ0) is 13.4. The first-order valence-electron chi connectivity index (χ1n) is 4.74. The van der Waals surface area contributed by atoms with Crippen LogP contribution in [0.15, 0.2) is 12.2 Å². The quantitative estimate of drug-likeness (QED) is 0.459. The van der Waals surface area contributed by atoms with Gasteiger partial charge in [-0.3, -0.25) is 4.79 Å². The Bertz CT molecular complexity index is 321. The van der Waals surface area contributed by atoms with E-state index in [-0.39, 0.29) is 12.2 Å². The molecule has 96 valence electrons. The van der Waals surface area contributed by atoms with Crippen molar-refractivity contribution in [3.63, 3.8) is 0 Å². The Morgan fingerprint density at radius 2 is 1.94 bits per heavy atom. The minimum Gasteiger partial charge on any atom is -0.481 e. The van der Waals surface area contributed by atoms with Gasteiger partial charge in [0.25, 0.3) is 0 Å². The molecule has 0 aromatic heterocycles. The third kappa shape index (κ3) is 6.31. The Morgan fingerprint density at radius 1 is 1.35 bits per heavy atom. The van der Waals surface area contributed by atoms with Crippen LogP contribution in [0.25, 0.3) is 0 Å². The lowest BCUT2D eigenvalue weighted by Gasteiger charge is -2.14. The molecule has 0 bridgehead atoms. The number of carbonyl (C=O) groups is 3. The highest BCUT2D eigenvalue weighted by molar-refractivity contribution is 5.90. The maximum atomic E-state index is 11.3. The summed E-state index contributed by atoms with van der Waals surface area (Å²) >= 11 is 0. The van der Waals surface area contributed by atoms with Gasteiger partial charge < -0.3 is 19.7 Å². The number of aliphatic carboxylic acids is 1. The molecular weight excluding hydrogens is 232 g/mol. The molecule has 0 amide bonds. The third-order valence-corrected chi connectivity index (χ3v) is 1.56. The van der Waals surface area contributed by atoms with Crippen molar-refractivity contribution in [1.29, 1.82) is 0 Å². The topological polar surface area (TPSA) is 110 Å². The molecule has 2 N–H and O–H groups in total. The number of aliphatic hydroxyl groups excluding tert-OH is 1. The average molecular weight is 246 g/mol. The standard InChI is InChI=1S/C10H14O7/c1-6(2)9(14)17-7(5-8(12)13)10(15)16-4-3-11/h7,11H,1,3-5H2,2H3,(H,12,13). The van der Waals surface area contributed by atoms with Crippen LogP contribution < -0.4 is 0 Å². The summed E-state index contributed by atoms with van der Waals surface area (Å²) in [7, 11) is 0. The SMILES string of the molecule is C=C(C)C(=O)OC(CC(=O)O)C(=O)OCCO. The number of hydrogen-bond donors (Lipinski definition) is 2. The van der Waals surface area contributed by atoms with Crippen molar-refractivity contribution in [1.82, 2.24) is 0 Å². The van der Waals surface area contributed by atoms with Crippen molar-refractivity contribution in [3.8, 4) is 0 Å². The molecule has 0 aliphatic carbocycles. The van der Waals surface area contributed by atoms with Gasteiger partial charge in [0, 0.05) is 5.57 Å². The predicted molar refractivity (Wildman–Crippen MR) is 55.0 cm³/mol. The molecule has 0 saturated carbocycles. The van der Waals surface area contributed by atoms with Crippen molar-refractivity contribution in [2.24, 2.45) is 0 Å². The van der Waals surface area contributed by atoms with E-state index in [0.717, 1.165) is 0 Å². The van der Waals surface area contributed by atoms with Gasteiger partial charge in [0.1, 0.15) is 6.61 Å². The van der Waals surface area contributed by atoms with E-state index < -0.39 is 37.0 Å². The summed E-state index contributed by atoms with van der Waals surface area (Å²) in [6.45, 7) is 3.96. The Kier molecular flexibility index (Phi) is 6.57. The van der Waals surface area contributed by atoms with Crippen molar-refractivity contribution < 1.29 is 34.1 Å². The van der Waals surface area contributed by atoms with E-state index in [9.17, 15) is 14.4 Å². The zero-order valence-corrected chi connectivity index (χ0v) is 9.34. The summed E-state index contributed by atoms with van der Waals surface area (Å²) in [4.78, 5) is 32.9. The molecule has 0 heterocycles. The number of rotatable bonds is 7. The van der Waals surface area contributed by atoms with Gasteiger partial charge in [0.15, 0.2) is 0 Å². The lowest BCUT2D eigenvalue weighted by Crippen LogP contribution is -2.32. The molecule has 7 nitrogen and oxygen atoms in total. The summed E-state index contributed by atoms with van der Waals surface area (Å²) in [6.07, 6.45) is -2.24. The van der Waals surface area contributed by atoms with Crippen LogP contribution in [0.4, 0.5) is 0 Å². The number of aliphatic hydroxyl groups is 1. The van der Waals surface area contributed by atoms with Crippen LogP contribution in [0.5, 0.6) is 0 Å². The predicted octanol–water partition coefficient (Wildman–Crippen LogP) is -0.516. The van der Waals surface area contributed by atoms with Gasteiger partial charge in [-0.2, -0.15) is 0 Å². The van der Waals surface area contributed by atoms with E-state index in [2.05, 4.69) is 16.1 Å². The van der Waals surface area contributed by atoms with Gasteiger partial charge in [0.2, 0.25) is 6.10 Å². The lowest BCUT2D eigenvalue weighted by atomic mass is 10.2. The van der Waals surface area contributed by atoms with E-state index in [1.54, 1.807) is 0 Å². The second-order valence-corrected chi connectivity index (χ2v) is 3.16. The van der Waals surface area contributed by atoms with Crippen LogP contribution in [0.1, 0.15) is 13.3 Å². The van der Waals surface area contributed by atoms with Crippen molar-refractivity contribution >= 4 is 17.9 Å². The van der Waals surface area contributed by atoms with Gasteiger partial charge in [0.05, 0.1) is 13.0 Å². The number of hydrogen-bond acceptors (Lipinski definition) is 6. The largest absolute Gasteiger partial charge is 0.481 e. The van der Waals surface area contributed by atoms with Crippen molar-refractivity contribution in [3.05, 3.63) is 12.2 Å². The van der Waals surface area contributed by atoms with Crippen LogP contribution in [0.2, 0.25) is 0 Å². The maximum Gasteiger partial charge on any atom is 0.348 e. The van der Waals surface area contributed by atoms with E-state index in [4.69, 9.17) is 10.2 Å². The van der Waals surface area contributed by atoms with Gasteiger partial charge in [-0.15, -0.1) is 0 Å². The van der Waals surface area contributed by atoms with E-state index >= 15 is 0 Å². The summed E-state index contributed by atoms with van der Waals surface area (Å²) in [5.74, 6) is -3.21. The zero-order valence-electron chi connectivity index (χ0n) is 9.34. The molecule has 1 atom stereocenters. The highest BCUT2D eigenvalue weighted by Crippen LogP contribution is 2.05. The molecule has 0 spiro atoms. The summed E-state index contributed by atoms with van der Waals surface area (Å²) in [6, 6.07) is 0. The molecule has 7 heteroatoms. The molecule has 0 rings (SSSR count). The lowest BCUT2D eigenvalue weighted by molar-refractivity contribution is -0.169. The number of esters is 2. The number of carboxylic acids is 1. The summed E-state index contributed by atoms with van der Waals surface area (Å²) in [5.41, 5.74) is 0.0374. The number of carbonyl (C=O) groups excluding carboxylic acids is 2. The molecule has 1 unspecified atom stereocenters. The molecular formula is C10H14O7. The molecule has 17 heavy (non-hydrogen) atoms. The first-order valence-corrected chi connectivity index (χ1v) is 4.74. The molecule has 0 fully saturated rings. The molecule has 0 aliphatic rings. The second-order valence-electron chi connectivity index (χ2n) is 3.16. The first-order chi connectivity index (χ1) is 7.88. The minimum atomic E-state index is -1.54. The molecule has 0 aromatic carbocycles. The highest BCUT2D eigenvalue weighted by Gasteiger charge is 2.27. The van der Waals surface area contributed by atoms with Gasteiger partial charge >= 0.3 is 17.9 Å². The monoisotopic (exact) mass is 246 g/mol. The fourth-order valence-corrected chi connectivity index (χ4v) is 0.801. The van der Waals surface area contributed by atoms with E-state index in [1.807, 2.05) is 0 Å². The minimum absolute atomic E-state index is 0.0374. The second kappa shape index (κ2) is 7.39. The fraction of sp³-hybridized carbons (Fsp3) is 0.500.